The number of hydrogen-bond donors (Lipinski definition) is 1. The van der Waals surface area contributed by atoms with Crippen LogP contribution in [0.15, 0.2) is 29.3 Å². The second-order valence-corrected chi connectivity index (χ2v) is 6.92. The monoisotopic (exact) mass is 380 g/mol. The third-order valence-electron chi connectivity index (χ3n) is 4.28. The van der Waals surface area contributed by atoms with Crippen molar-refractivity contribution >= 4 is 28.9 Å². The number of carbonyl (C=O) groups excluding carboxylic acids is 2. The van der Waals surface area contributed by atoms with Gasteiger partial charge in [0.1, 0.15) is 5.82 Å². The molecule has 1 fully saturated rings. The van der Waals surface area contributed by atoms with Gasteiger partial charge in [-0.1, -0.05) is 23.9 Å². The Balaban J connectivity index is 1.76. The molecule has 0 aromatic heterocycles. The molecule has 0 radical (unpaired) electrons. The number of rotatable bonds is 6. The Morgan fingerprint density at radius 1 is 1.31 bits per heavy atom. The average Bonchev–Trinajstić information content (AvgIpc) is 2.99. The smallest absolute Gasteiger partial charge is 0.325 e. The van der Waals surface area contributed by atoms with E-state index in [9.17, 15) is 14.0 Å². The molecule has 1 aromatic rings. The van der Waals surface area contributed by atoms with Crippen LogP contribution in [0.25, 0.3) is 0 Å². The summed E-state index contributed by atoms with van der Waals surface area (Å²) in [6, 6.07) is 5.26. The van der Waals surface area contributed by atoms with Gasteiger partial charge in [-0.3, -0.25) is 10.1 Å². The van der Waals surface area contributed by atoms with Crippen LogP contribution >= 0.6 is 11.8 Å². The maximum Gasteiger partial charge on any atom is 0.325 e. The molecule has 140 valence electrons. The van der Waals surface area contributed by atoms with E-state index in [1.165, 1.54) is 28.8 Å². The molecule has 0 bridgehead atoms. The largest absolute Gasteiger partial charge is 0.380 e. The maximum atomic E-state index is 13.1. The summed E-state index contributed by atoms with van der Waals surface area (Å²) in [5.41, 5.74) is 0.951. The third-order valence-corrected chi connectivity index (χ3v) is 5.36. The Kier molecular flexibility index (Phi) is 5.77. The Bertz CT molecular complexity index is 712. The van der Waals surface area contributed by atoms with Crippen LogP contribution in [-0.2, 0) is 15.3 Å². The standard InChI is InChI=1S/C17H21FN4O3S/c1-3-25-9-8-22-13-14(21(2)16(24)20-15(13)23)19-17(22)26-10-11-4-6-12(18)7-5-11/h4-7,13-14H,3,8-10H2,1-2H3,(H,20,23,24). The minimum Gasteiger partial charge on any atom is -0.380 e. The number of amides is 3. The van der Waals surface area contributed by atoms with Crippen LogP contribution in [0, 0.1) is 5.82 Å². The number of nitrogens with one attached hydrogen (secondary N) is 1. The van der Waals surface area contributed by atoms with Gasteiger partial charge in [-0.15, -0.1) is 0 Å². The molecule has 9 heteroatoms. The van der Waals surface area contributed by atoms with Gasteiger partial charge >= 0.3 is 6.03 Å². The van der Waals surface area contributed by atoms with E-state index in [-0.39, 0.29) is 11.7 Å². The van der Waals surface area contributed by atoms with Gasteiger partial charge in [-0.2, -0.15) is 0 Å². The van der Waals surface area contributed by atoms with Gasteiger partial charge in [0.05, 0.1) is 6.61 Å². The van der Waals surface area contributed by atoms with Crippen molar-refractivity contribution in [3.8, 4) is 0 Å². The van der Waals surface area contributed by atoms with Crippen molar-refractivity contribution in [3.63, 3.8) is 0 Å². The first-order chi connectivity index (χ1) is 12.5. The Hall–Kier alpha value is -2.13. The Labute approximate surface area is 155 Å². The molecule has 2 aliphatic heterocycles. The van der Waals surface area contributed by atoms with Gasteiger partial charge in [-0.05, 0) is 24.6 Å². The van der Waals surface area contributed by atoms with Crippen LogP contribution in [0.1, 0.15) is 12.5 Å². The quantitative estimate of drug-likeness (QED) is 0.760. The van der Waals surface area contributed by atoms with Crippen molar-refractivity contribution in [3.05, 3.63) is 35.6 Å². The Morgan fingerprint density at radius 2 is 2.04 bits per heavy atom. The van der Waals surface area contributed by atoms with E-state index in [1.807, 2.05) is 11.8 Å². The number of amidine groups is 1. The molecule has 26 heavy (non-hydrogen) atoms. The molecule has 2 aliphatic rings. The maximum absolute atomic E-state index is 13.1. The predicted octanol–water partition coefficient (Wildman–Crippen LogP) is 1.64. The van der Waals surface area contributed by atoms with Gasteiger partial charge in [0.15, 0.2) is 17.4 Å². The van der Waals surface area contributed by atoms with Crippen LogP contribution in [0.4, 0.5) is 9.18 Å². The van der Waals surface area contributed by atoms with E-state index in [4.69, 9.17) is 4.74 Å². The van der Waals surface area contributed by atoms with Crippen molar-refractivity contribution in [2.75, 3.05) is 26.8 Å². The number of ether oxygens (including phenoxy) is 1. The number of nitrogens with zero attached hydrogens (tertiary/aromatic N) is 3. The lowest BCUT2D eigenvalue weighted by Gasteiger charge is -2.36. The summed E-state index contributed by atoms with van der Waals surface area (Å²) >= 11 is 1.46. The highest BCUT2D eigenvalue weighted by Gasteiger charge is 2.48. The summed E-state index contributed by atoms with van der Waals surface area (Å²) in [6.07, 6.45) is -0.548. The molecular weight excluding hydrogens is 359 g/mol. The average molecular weight is 380 g/mol. The number of urea groups is 1. The fourth-order valence-corrected chi connectivity index (χ4v) is 3.93. The fourth-order valence-electron chi connectivity index (χ4n) is 2.89. The molecule has 0 spiro atoms. The first-order valence-electron chi connectivity index (χ1n) is 8.38. The molecular formula is C17H21FN4O3S. The van der Waals surface area contributed by atoms with Crippen LogP contribution < -0.4 is 5.32 Å². The first-order valence-corrected chi connectivity index (χ1v) is 9.37. The molecule has 2 unspecified atom stereocenters. The zero-order valence-electron chi connectivity index (χ0n) is 14.6. The van der Waals surface area contributed by atoms with Gasteiger partial charge in [0.25, 0.3) is 5.91 Å². The number of aliphatic imine (C=N–C) groups is 1. The minimum atomic E-state index is -0.561. The lowest BCUT2D eigenvalue weighted by molar-refractivity contribution is -0.127. The summed E-state index contributed by atoms with van der Waals surface area (Å²) in [4.78, 5) is 32.2. The SMILES string of the molecule is CCOCCN1C(SCc2ccc(F)cc2)=NC2C1C(=O)NC(=O)N2C. The molecule has 2 heterocycles. The lowest BCUT2D eigenvalue weighted by Crippen LogP contribution is -2.63. The molecule has 2 atom stereocenters. The van der Waals surface area contributed by atoms with E-state index < -0.39 is 18.2 Å². The number of hydrogen-bond acceptors (Lipinski definition) is 6. The van der Waals surface area contributed by atoms with E-state index in [0.29, 0.717) is 30.7 Å². The van der Waals surface area contributed by atoms with Crippen molar-refractivity contribution in [1.82, 2.24) is 15.1 Å². The van der Waals surface area contributed by atoms with Crippen LogP contribution in [0.5, 0.6) is 0 Å². The van der Waals surface area contributed by atoms with Gasteiger partial charge in [0, 0.05) is 26.0 Å². The summed E-state index contributed by atoms with van der Waals surface area (Å²) in [5, 5.41) is 3.04. The molecule has 0 saturated carbocycles. The molecule has 1 aromatic carbocycles. The predicted molar refractivity (Wildman–Crippen MR) is 97.2 cm³/mol. The summed E-state index contributed by atoms with van der Waals surface area (Å²) in [5.74, 6) is -0.0444. The number of halogens is 1. The minimum absolute atomic E-state index is 0.280. The zero-order valence-corrected chi connectivity index (χ0v) is 15.5. The van der Waals surface area contributed by atoms with E-state index in [2.05, 4.69) is 10.3 Å². The summed E-state index contributed by atoms with van der Waals surface area (Å²) < 4.78 is 18.5. The van der Waals surface area contributed by atoms with Crippen molar-refractivity contribution in [2.24, 2.45) is 4.99 Å². The topological polar surface area (TPSA) is 74.2 Å². The number of carbonyl (C=O) groups is 2. The number of likely N-dealkylation sites (N-methyl/N-ethyl adjacent to an activating group) is 1. The van der Waals surface area contributed by atoms with Gasteiger partial charge in [0.2, 0.25) is 0 Å². The Morgan fingerprint density at radius 3 is 2.73 bits per heavy atom. The lowest BCUT2D eigenvalue weighted by atomic mass is 10.1. The van der Waals surface area contributed by atoms with Gasteiger partial charge in [-0.25, -0.2) is 14.2 Å². The zero-order chi connectivity index (χ0) is 18.7. The van der Waals surface area contributed by atoms with Gasteiger partial charge < -0.3 is 14.5 Å². The van der Waals surface area contributed by atoms with E-state index in [0.717, 1.165) is 5.56 Å². The van der Waals surface area contributed by atoms with Crippen LogP contribution in [-0.4, -0.2) is 65.9 Å². The third kappa shape index (κ3) is 3.83. The number of thioether (sulfide) groups is 1. The molecule has 3 rings (SSSR count). The second-order valence-electron chi connectivity index (χ2n) is 5.98. The number of imide groups is 1. The summed E-state index contributed by atoms with van der Waals surface area (Å²) in [6.45, 7) is 3.45. The van der Waals surface area contributed by atoms with E-state index in [1.54, 1.807) is 19.2 Å². The van der Waals surface area contributed by atoms with Crippen molar-refractivity contribution < 1.29 is 18.7 Å². The number of benzene rings is 1. The highest BCUT2D eigenvalue weighted by atomic mass is 32.2. The normalized spacial score (nSPS) is 22.3. The number of fused-ring (bicyclic) bond motifs is 1. The van der Waals surface area contributed by atoms with Crippen molar-refractivity contribution in [2.45, 2.75) is 24.9 Å². The molecule has 1 N–H and O–H groups in total. The van der Waals surface area contributed by atoms with Crippen molar-refractivity contribution in [1.29, 1.82) is 0 Å². The molecule has 3 amide bonds. The first kappa shape index (κ1) is 18.7. The molecule has 0 aliphatic carbocycles. The summed E-state index contributed by atoms with van der Waals surface area (Å²) in [7, 11) is 1.62. The van der Waals surface area contributed by atoms with E-state index >= 15 is 0 Å². The fraction of sp³-hybridized carbons (Fsp3) is 0.471. The highest BCUT2D eigenvalue weighted by Crippen LogP contribution is 2.29. The van der Waals surface area contributed by atoms with Crippen LogP contribution in [0.2, 0.25) is 0 Å². The highest BCUT2D eigenvalue weighted by molar-refractivity contribution is 8.13. The second kappa shape index (κ2) is 8.05. The van der Waals surface area contributed by atoms with Crippen LogP contribution in [0.3, 0.4) is 0 Å². The molecule has 1 saturated heterocycles. The molecule has 7 nitrogen and oxygen atoms in total.